The number of ether oxygens (including phenoxy) is 2. The van der Waals surface area contributed by atoms with Crippen molar-refractivity contribution in [2.45, 2.75) is 59.1 Å². The Morgan fingerprint density at radius 2 is 1.90 bits per heavy atom. The summed E-state index contributed by atoms with van der Waals surface area (Å²) in [5.41, 5.74) is 5.03. The molecule has 2 aliphatic heterocycles. The van der Waals surface area contributed by atoms with Gasteiger partial charge in [0.25, 0.3) is 5.78 Å². The molecule has 6 rings (SSSR count). The second-order valence-electron chi connectivity index (χ2n) is 10.8. The molecular weight excluding hydrogens is 536 g/mol. The lowest BCUT2D eigenvalue weighted by molar-refractivity contribution is -0.132. The highest BCUT2D eigenvalue weighted by molar-refractivity contribution is 7.22. The maximum absolute atomic E-state index is 13.7. The van der Waals surface area contributed by atoms with Crippen LogP contribution in [0.4, 0.5) is 5.13 Å². The summed E-state index contributed by atoms with van der Waals surface area (Å²) < 4.78 is 12.6. The number of benzene rings is 3. The van der Waals surface area contributed by atoms with Crippen LogP contribution in [0.25, 0.3) is 16.0 Å². The zero-order chi connectivity index (χ0) is 28.8. The molecule has 0 aliphatic carbocycles. The third kappa shape index (κ3) is 4.86. The summed E-state index contributed by atoms with van der Waals surface area (Å²) in [4.78, 5) is 33.6. The molecule has 2 aliphatic rings. The van der Waals surface area contributed by atoms with Crippen LogP contribution in [0.2, 0.25) is 0 Å². The lowest BCUT2D eigenvalue weighted by atomic mass is 9.94. The third-order valence-corrected chi connectivity index (χ3v) is 8.60. The topological polar surface area (TPSA) is 89.0 Å². The van der Waals surface area contributed by atoms with E-state index in [0.717, 1.165) is 45.5 Å². The number of nitrogens with zero attached hydrogens (tertiary/aromatic N) is 2. The van der Waals surface area contributed by atoms with Crippen molar-refractivity contribution in [3.63, 3.8) is 0 Å². The molecule has 0 spiro atoms. The van der Waals surface area contributed by atoms with E-state index in [1.165, 1.54) is 16.2 Å². The number of aryl methyl sites for hydroxylation is 2. The number of carbonyl (C=O) groups excluding carboxylic acids is 2. The molecule has 0 saturated carbocycles. The Hall–Kier alpha value is -4.17. The zero-order valence-electron chi connectivity index (χ0n) is 23.6. The number of rotatable bonds is 7. The average Bonchev–Trinajstić information content (AvgIpc) is 3.61. The Labute approximate surface area is 243 Å². The fraction of sp³-hybridized carbons (Fsp3) is 0.303. The fourth-order valence-electron chi connectivity index (χ4n) is 5.61. The molecule has 3 heterocycles. The van der Waals surface area contributed by atoms with Gasteiger partial charge in [-0.25, -0.2) is 4.98 Å². The van der Waals surface area contributed by atoms with Gasteiger partial charge >= 0.3 is 5.91 Å². The first kappa shape index (κ1) is 27.0. The Kier molecular flexibility index (Phi) is 7.03. The van der Waals surface area contributed by atoms with E-state index in [-0.39, 0.29) is 17.4 Å². The molecule has 210 valence electrons. The number of anilines is 1. The van der Waals surface area contributed by atoms with E-state index in [4.69, 9.17) is 14.5 Å². The summed E-state index contributed by atoms with van der Waals surface area (Å²) in [5, 5.41) is 12.0. The molecule has 1 saturated heterocycles. The molecule has 1 aromatic heterocycles. The highest BCUT2D eigenvalue weighted by Crippen LogP contribution is 2.45. The monoisotopic (exact) mass is 568 g/mol. The largest absolute Gasteiger partial charge is 0.507 e. The number of unbranched alkanes of at least 4 members (excludes halogenated alkanes) is 1. The molecule has 1 amide bonds. The number of Topliss-reactive ketones (excluding diaryl/α,β-unsaturated/α-hetero) is 1. The van der Waals surface area contributed by atoms with Gasteiger partial charge in [-0.05, 0) is 85.8 Å². The van der Waals surface area contributed by atoms with Crippen LogP contribution in [0.1, 0.15) is 60.5 Å². The molecule has 0 bridgehead atoms. The second-order valence-corrected chi connectivity index (χ2v) is 11.8. The molecule has 4 aromatic rings. The summed E-state index contributed by atoms with van der Waals surface area (Å²) in [6.45, 7) is 8.71. The molecule has 7 nitrogen and oxygen atoms in total. The first-order chi connectivity index (χ1) is 19.7. The van der Waals surface area contributed by atoms with Gasteiger partial charge in [0, 0.05) is 12.0 Å². The number of carbonyl (C=O) groups is 2. The Balaban J connectivity index is 1.48. The maximum Gasteiger partial charge on any atom is 0.301 e. The predicted octanol–water partition coefficient (Wildman–Crippen LogP) is 7.04. The van der Waals surface area contributed by atoms with E-state index < -0.39 is 17.7 Å². The normalized spacial score (nSPS) is 19.6. The number of thiazole rings is 1. The highest BCUT2D eigenvalue weighted by Gasteiger charge is 2.48. The molecule has 0 radical (unpaired) electrons. The van der Waals surface area contributed by atoms with Crippen LogP contribution in [0, 0.1) is 13.8 Å². The van der Waals surface area contributed by atoms with Crippen LogP contribution in [0.15, 0.2) is 60.2 Å². The van der Waals surface area contributed by atoms with Crippen LogP contribution >= 0.6 is 11.3 Å². The Morgan fingerprint density at radius 1 is 1.12 bits per heavy atom. The van der Waals surface area contributed by atoms with E-state index in [1.807, 2.05) is 63.2 Å². The summed E-state index contributed by atoms with van der Waals surface area (Å²) in [6.07, 6.45) is 2.72. The maximum atomic E-state index is 13.7. The van der Waals surface area contributed by atoms with Crippen LogP contribution in [-0.4, -0.2) is 34.5 Å². The molecule has 8 heteroatoms. The minimum absolute atomic E-state index is 0.0359. The number of aliphatic hydroxyl groups is 1. The first-order valence-corrected chi connectivity index (χ1v) is 14.8. The van der Waals surface area contributed by atoms with E-state index in [9.17, 15) is 14.7 Å². The number of aliphatic hydroxyl groups excluding tert-OH is 1. The van der Waals surface area contributed by atoms with Crippen molar-refractivity contribution >= 4 is 44.1 Å². The Bertz CT molecular complexity index is 1700. The number of hydrogen-bond acceptors (Lipinski definition) is 7. The lowest BCUT2D eigenvalue weighted by Gasteiger charge is -2.23. The summed E-state index contributed by atoms with van der Waals surface area (Å²) in [5.74, 6) is -0.197. The van der Waals surface area contributed by atoms with Crippen molar-refractivity contribution in [1.82, 2.24) is 4.98 Å². The fourth-order valence-corrected chi connectivity index (χ4v) is 6.78. The van der Waals surface area contributed by atoms with Crippen molar-refractivity contribution < 1.29 is 24.2 Å². The minimum Gasteiger partial charge on any atom is -0.507 e. The molecular formula is C33H32N2O5S. The summed E-state index contributed by atoms with van der Waals surface area (Å²) in [7, 11) is 0. The van der Waals surface area contributed by atoms with Gasteiger partial charge in [-0.1, -0.05) is 42.9 Å². The van der Waals surface area contributed by atoms with E-state index in [1.54, 1.807) is 12.1 Å². The zero-order valence-corrected chi connectivity index (χ0v) is 24.4. The Morgan fingerprint density at radius 3 is 2.66 bits per heavy atom. The van der Waals surface area contributed by atoms with Gasteiger partial charge < -0.3 is 14.6 Å². The standard InChI is InChI=1S/C33H32N2O5S/c1-5-6-13-39-24-10-7-21(8-11-24)29-27(30(36)22-9-12-25-23(17-22)16-20(4)40-25)31(37)32(38)35(29)33-34-28-19(3)14-18(2)15-26(28)41-33/h7-12,14-15,17,20,29,36H,5-6,13,16H2,1-4H3/t20-,29+/m1/s1. The minimum atomic E-state index is -0.856. The molecule has 3 aromatic carbocycles. The van der Waals surface area contributed by atoms with E-state index >= 15 is 0 Å². The van der Waals surface area contributed by atoms with Gasteiger partial charge in [-0.15, -0.1) is 0 Å². The van der Waals surface area contributed by atoms with Gasteiger partial charge in [-0.3, -0.25) is 14.5 Å². The third-order valence-electron chi connectivity index (χ3n) is 7.60. The molecule has 0 unspecified atom stereocenters. The molecule has 1 fully saturated rings. The van der Waals surface area contributed by atoms with Crippen molar-refractivity contribution in [3.8, 4) is 11.5 Å². The quantitative estimate of drug-likeness (QED) is 0.111. The van der Waals surface area contributed by atoms with Crippen LogP contribution in [0.5, 0.6) is 11.5 Å². The number of amides is 1. The van der Waals surface area contributed by atoms with Crippen molar-refractivity contribution in [2.24, 2.45) is 0 Å². The number of fused-ring (bicyclic) bond motifs is 2. The SMILES string of the molecule is CCCCOc1ccc([C@H]2C(=C(O)c3ccc4c(c3)C[C@@H](C)O4)C(=O)C(=O)N2c2nc3c(C)cc(C)cc3s2)cc1. The average molecular weight is 569 g/mol. The van der Waals surface area contributed by atoms with Crippen LogP contribution < -0.4 is 14.4 Å². The van der Waals surface area contributed by atoms with Gasteiger partial charge in [0.15, 0.2) is 5.13 Å². The molecule has 41 heavy (non-hydrogen) atoms. The second kappa shape index (κ2) is 10.7. The van der Waals surface area contributed by atoms with E-state index in [2.05, 4.69) is 6.92 Å². The number of hydrogen-bond donors (Lipinski definition) is 1. The first-order valence-electron chi connectivity index (χ1n) is 14.0. The summed E-state index contributed by atoms with van der Waals surface area (Å²) >= 11 is 1.37. The van der Waals surface area contributed by atoms with Crippen molar-refractivity contribution in [3.05, 3.63) is 88.0 Å². The van der Waals surface area contributed by atoms with Gasteiger partial charge in [0.05, 0.1) is 28.4 Å². The van der Waals surface area contributed by atoms with Gasteiger partial charge in [-0.2, -0.15) is 0 Å². The molecule has 2 atom stereocenters. The van der Waals surface area contributed by atoms with Gasteiger partial charge in [0.2, 0.25) is 0 Å². The van der Waals surface area contributed by atoms with Gasteiger partial charge in [0.1, 0.15) is 23.4 Å². The summed E-state index contributed by atoms with van der Waals surface area (Å²) in [6, 6.07) is 16.0. The van der Waals surface area contributed by atoms with Crippen molar-refractivity contribution in [2.75, 3.05) is 11.5 Å². The smallest absolute Gasteiger partial charge is 0.301 e. The number of aromatic nitrogens is 1. The van der Waals surface area contributed by atoms with Crippen LogP contribution in [-0.2, 0) is 16.0 Å². The van der Waals surface area contributed by atoms with Crippen LogP contribution in [0.3, 0.4) is 0 Å². The predicted molar refractivity (Wildman–Crippen MR) is 161 cm³/mol. The lowest BCUT2D eigenvalue weighted by Crippen LogP contribution is -2.29. The number of ketones is 1. The van der Waals surface area contributed by atoms with E-state index in [0.29, 0.717) is 35.0 Å². The highest BCUT2D eigenvalue weighted by atomic mass is 32.1. The molecule has 1 N–H and O–H groups in total. The van der Waals surface area contributed by atoms with Crippen molar-refractivity contribution in [1.29, 1.82) is 0 Å².